The lowest BCUT2D eigenvalue weighted by Crippen LogP contribution is -2.13. The van der Waals surface area contributed by atoms with Crippen molar-refractivity contribution in [3.05, 3.63) is 69.9 Å². The number of aromatic nitrogens is 1. The predicted octanol–water partition coefficient (Wildman–Crippen LogP) is 4.36. The Kier molecular flexibility index (Phi) is 4.34. The first-order valence-corrected chi connectivity index (χ1v) is 7.75. The van der Waals surface area contributed by atoms with E-state index in [-0.39, 0.29) is 11.7 Å². The number of carbonyl (C=O) groups is 1. The van der Waals surface area contributed by atoms with Crippen LogP contribution in [0.5, 0.6) is 0 Å². The molecule has 6 heteroatoms. The molecule has 0 bridgehead atoms. The standard InChI is InChI=1S/C17H13FN2O2S/c1-11-9-16(20-22-11)19-17(21)15(10-14-3-2-8-23-14)12-4-6-13(18)7-5-12/h2-10H,1H3,(H,19,20,21). The highest BCUT2D eigenvalue weighted by atomic mass is 32.1. The molecule has 1 amide bonds. The van der Waals surface area contributed by atoms with Crippen molar-refractivity contribution < 1.29 is 13.7 Å². The highest BCUT2D eigenvalue weighted by molar-refractivity contribution is 7.11. The van der Waals surface area contributed by atoms with Crippen LogP contribution in [0.15, 0.2) is 52.4 Å². The number of thiophene rings is 1. The van der Waals surface area contributed by atoms with Crippen molar-refractivity contribution in [2.75, 3.05) is 5.32 Å². The molecular formula is C17H13FN2O2S. The monoisotopic (exact) mass is 328 g/mol. The van der Waals surface area contributed by atoms with Gasteiger partial charge in [0.05, 0.1) is 0 Å². The predicted molar refractivity (Wildman–Crippen MR) is 88.5 cm³/mol. The summed E-state index contributed by atoms with van der Waals surface area (Å²) in [4.78, 5) is 13.5. The average molecular weight is 328 g/mol. The summed E-state index contributed by atoms with van der Waals surface area (Å²) in [6, 6.07) is 11.2. The van der Waals surface area contributed by atoms with Crippen LogP contribution in [-0.4, -0.2) is 11.1 Å². The molecule has 0 spiro atoms. The second-order valence-electron chi connectivity index (χ2n) is 4.86. The molecule has 0 atom stereocenters. The SMILES string of the molecule is Cc1cc(NC(=O)C(=Cc2cccs2)c2ccc(F)cc2)no1. The van der Waals surface area contributed by atoms with Gasteiger partial charge in [-0.15, -0.1) is 11.3 Å². The number of aryl methyl sites for hydroxylation is 1. The van der Waals surface area contributed by atoms with Crippen LogP contribution < -0.4 is 5.32 Å². The highest BCUT2D eigenvalue weighted by Gasteiger charge is 2.15. The van der Waals surface area contributed by atoms with Crippen molar-refractivity contribution in [3.63, 3.8) is 0 Å². The summed E-state index contributed by atoms with van der Waals surface area (Å²) in [5.74, 6) is 0.257. The second-order valence-corrected chi connectivity index (χ2v) is 5.84. The Morgan fingerprint density at radius 2 is 2.09 bits per heavy atom. The molecule has 3 aromatic rings. The van der Waals surface area contributed by atoms with E-state index in [2.05, 4.69) is 10.5 Å². The molecule has 0 aliphatic rings. The minimum Gasteiger partial charge on any atom is -0.360 e. The molecule has 0 radical (unpaired) electrons. The van der Waals surface area contributed by atoms with E-state index in [9.17, 15) is 9.18 Å². The minimum absolute atomic E-state index is 0.335. The average Bonchev–Trinajstić information content (AvgIpc) is 3.17. The van der Waals surface area contributed by atoms with Crippen molar-refractivity contribution in [2.45, 2.75) is 6.92 Å². The number of benzene rings is 1. The van der Waals surface area contributed by atoms with Crippen molar-refractivity contribution in [2.24, 2.45) is 0 Å². The van der Waals surface area contributed by atoms with Gasteiger partial charge in [-0.05, 0) is 42.1 Å². The number of amides is 1. The van der Waals surface area contributed by atoms with Crippen LogP contribution in [0.2, 0.25) is 0 Å². The Balaban J connectivity index is 1.94. The molecule has 2 aromatic heterocycles. The Morgan fingerprint density at radius 3 is 2.70 bits per heavy atom. The highest BCUT2D eigenvalue weighted by Crippen LogP contribution is 2.23. The van der Waals surface area contributed by atoms with Crippen LogP contribution in [0, 0.1) is 12.7 Å². The molecule has 3 rings (SSSR count). The van der Waals surface area contributed by atoms with E-state index >= 15 is 0 Å². The zero-order valence-electron chi connectivity index (χ0n) is 12.2. The van der Waals surface area contributed by atoms with Gasteiger partial charge in [0, 0.05) is 16.5 Å². The Morgan fingerprint density at radius 1 is 1.30 bits per heavy atom. The molecular weight excluding hydrogens is 315 g/mol. The Labute approximate surface area is 136 Å². The van der Waals surface area contributed by atoms with E-state index in [1.54, 1.807) is 31.2 Å². The van der Waals surface area contributed by atoms with Crippen LogP contribution in [0.4, 0.5) is 10.2 Å². The maximum Gasteiger partial charge on any atom is 0.257 e. The number of hydrogen-bond donors (Lipinski definition) is 1. The van der Waals surface area contributed by atoms with Crippen molar-refractivity contribution in [3.8, 4) is 0 Å². The van der Waals surface area contributed by atoms with Crippen molar-refractivity contribution >= 4 is 34.7 Å². The van der Waals surface area contributed by atoms with E-state index in [0.29, 0.717) is 22.7 Å². The Hall–Kier alpha value is -2.73. The second kappa shape index (κ2) is 6.58. The van der Waals surface area contributed by atoms with Gasteiger partial charge >= 0.3 is 0 Å². The fourth-order valence-corrected chi connectivity index (χ4v) is 2.69. The fourth-order valence-electron chi connectivity index (χ4n) is 2.03. The third kappa shape index (κ3) is 3.73. The lowest BCUT2D eigenvalue weighted by molar-refractivity contribution is -0.111. The molecule has 2 heterocycles. The molecule has 0 aliphatic heterocycles. The van der Waals surface area contributed by atoms with E-state index < -0.39 is 0 Å². The van der Waals surface area contributed by atoms with Gasteiger partial charge in [0.15, 0.2) is 5.82 Å². The van der Waals surface area contributed by atoms with Gasteiger partial charge in [0.1, 0.15) is 11.6 Å². The molecule has 116 valence electrons. The van der Waals surface area contributed by atoms with Crippen molar-refractivity contribution in [1.82, 2.24) is 5.16 Å². The maximum absolute atomic E-state index is 13.1. The van der Waals surface area contributed by atoms with Gasteiger partial charge in [-0.1, -0.05) is 23.4 Å². The fraction of sp³-hybridized carbons (Fsp3) is 0.0588. The maximum atomic E-state index is 13.1. The van der Waals surface area contributed by atoms with Gasteiger partial charge in [-0.25, -0.2) is 4.39 Å². The number of halogens is 1. The van der Waals surface area contributed by atoms with Crippen LogP contribution in [0.25, 0.3) is 11.6 Å². The van der Waals surface area contributed by atoms with Crippen LogP contribution in [-0.2, 0) is 4.79 Å². The topological polar surface area (TPSA) is 55.1 Å². The van der Waals surface area contributed by atoms with E-state index in [1.807, 2.05) is 17.5 Å². The summed E-state index contributed by atoms with van der Waals surface area (Å²) in [6.45, 7) is 1.74. The van der Waals surface area contributed by atoms with Gasteiger partial charge in [-0.3, -0.25) is 4.79 Å². The quantitative estimate of drug-likeness (QED) is 0.724. The molecule has 1 N–H and O–H groups in total. The lowest BCUT2D eigenvalue weighted by Gasteiger charge is -2.07. The minimum atomic E-state index is -0.350. The third-order valence-electron chi connectivity index (χ3n) is 3.10. The zero-order valence-corrected chi connectivity index (χ0v) is 13.1. The molecule has 0 unspecified atom stereocenters. The number of nitrogens with one attached hydrogen (secondary N) is 1. The van der Waals surface area contributed by atoms with E-state index in [4.69, 9.17) is 4.52 Å². The molecule has 23 heavy (non-hydrogen) atoms. The lowest BCUT2D eigenvalue weighted by atomic mass is 10.0. The van der Waals surface area contributed by atoms with Gasteiger partial charge in [-0.2, -0.15) is 0 Å². The molecule has 1 aromatic carbocycles. The van der Waals surface area contributed by atoms with Crippen LogP contribution >= 0.6 is 11.3 Å². The summed E-state index contributed by atoms with van der Waals surface area (Å²) in [7, 11) is 0. The molecule has 0 aliphatic carbocycles. The summed E-state index contributed by atoms with van der Waals surface area (Å²) in [6.07, 6.45) is 1.76. The molecule has 0 saturated heterocycles. The van der Waals surface area contributed by atoms with E-state index in [1.165, 1.54) is 23.5 Å². The zero-order chi connectivity index (χ0) is 16.2. The molecule has 0 fully saturated rings. The molecule has 4 nitrogen and oxygen atoms in total. The normalized spacial score (nSPS) is 11.5. The van der Waals surface area contributed by atoms with Gasteiger partial charge in [0.25, 0.3) is 5.91 Å². The Bertz CT molecular complexity index is 836. The molecule has 0 saturated carbocycles. The number of rotatable bonds is 4. The first-order valence-electron chi connectivity index (χ1n) is 6.87. The van der Waals surface area contributed by atoms with Crippen LogP contribution in [0.1, 0.15) is 16.2 Å². The summed E-state index contributed by atoms with van der Waals surface area (Å²) in [5, 5.41) is 8.36. The summed E-state index contributed by atoms with van der Waals surface area (Å²) >= 11 is 1.51. The largest absolute Gasteiger partial charge is 0.360 e. The first-order chi connectivity index (χ1) is 11.1. The third-order valence-corrected chi connectivity index (χ3v) is 3.92. The summed E-state index contributed by atoms with van der Waals surface area (Å²) in [5.41, 5.74) is 1.05. The van der Waals surface area contributed by atoms with Crippen molar-refractivity contribution in [1.29, 1.82) is 0 Å². The van der Waals surface area contributed by atoms with Gasteiger partial charge < -0.3 is 9.84 Å². The number of carbonyl (C=O) groups excluding carboxylic acids is 1. The number of hydrogen-bond acceptors (Lipinski definition) is 4. The van der Waals surface area contributed by atoms with E-state index in [0.717, 1.165) is 4.88 Å². The summed E-state index contributed by atoms with van der Waals surface area (Å²) < 4.78 is 18.1. The first kappa shape index (κ1) is 15.2. The smallest absolute Gasteiger partial charge is 0.257 e. The van der Waals surface area contributed by atoms with Crippen LogP contribution in [0.3, 0.4) is 0 Å². The number of anilines is 1. The van der Waals surface area contributed by atoms with Gasteiger partial charge in [0.2, 0.25) is 0 Å². The number of nitrogens with zero attached hydrogens (tertiary/aromatic N) is 1.